The summed E-state index contributed by atoms with van der Waals surface area (Å²) in [6.07, 6.45) is 4.23. The average Bonchev–Trinajstić information content (AvgIpc) is 3.24. The van der Waals surface area contributed by atoms with Gasteiger partial charge < -0.3 is 9.47 Å². The van der Waals surface area contributed by atoms with E-state index in [1.807, 2.05) is 23.1 Å². The Balaban J connectivity index is 1.60. The van der Waals surface area contributed by atoms with Gasteiger partial charge in [-0.1, -0.05) is 48.5 Å². The molecule has 4 heteroatoms. The minimum Gasteiger partial charge on any atom is -0.323 e. The summed E-state index contributed by atoms with van der Waals surface area (Å²) in [5.74, 6) is 0.759. The number of rotatable bonds is 4. The number of benzene rings is 2. The van der Waals surface area contributed by atoms with Crippen LogP contribution in [0.3, 0.4) is 0 Å². The third-order valence-electron chi connectivity index (χ3n) is 4.56. The van der Waals surface area contributed by atoms with Gasteiger partial charge in [-0.25, -0.2) is 0 Å². The third kappa shape index (κ3) is 3.22. The fourth-order valence-electron chi connectivity index (χ4n) is 3.24. The second-order valence-electron chi connectivity index (χ2n) is 6.31. The molecule has 1 fully saturated rings. The zero-order valence-electron chi connectivity index (χ0n) is 14.1. The van der Waals surface area contributed by atoms with Crippen molar-refractivity contribution in [2.75, 3.05) is 5.75 Å². The molecule has 0 unspecified atom stereocenters. The lowest BCUT2D eigenvalue weighted by Gasteiger charge is -2.23. The highest BCUT2D eigenvalue weighted by Gasteiger charge is 2.33. The Morgan fingerprint density at radius 2 is 1.80 bits per heavy atom. The Morgan fingerprint density at radius 1 is 1.04 bits per heavy atom. The molecule has 1 amide bonds. The molecule has 0 N–H and O–H groups in total. The molecule has 4 rings (SSSR count). The van der Waals surface area contributed by atoms with E-state index in [1.54, 1.807) is 11.8 Å². The average molecular weight is 348 g/mol. The Bertz CT molecular complexity index is 888. The molecule has 0 radical (unpaired) electrons. The summed E-state index contributed by atoms with van der Waals surface area (Å²) in [4.78, 5) is 14.4. The maximum Gasteiger partial charge on any atom is 0.234 e. The zero-order chi connectivity index (χ0) is 17.2. The van der Waals surface area contributed by atoms with Crippen molar-refractivity contribution in [1.29, 1.82) is 0 Å². The van der Waals surface area contributed by atoms with Crippen LogP contribution in [0, 0.1) is 6.92 Å². The van der Waals surface area contributed by atoms with E-state index in [-0.39, 0.29) is 11.3 Å². The van der Waals surface area contributed by atoms with Gasteiger partial charge in [0, 0.05) is 30.2 Å². The van der Waals surface area contributed by atoms with Gasteiger partial charge in [-0.05, 0) is 30.2 Å². The summed E-state index contributed by atoms with van der Waals surface area (Å²) in [6.45, 7) is 2.78. The first-order chi connectivity index (χ1) is 12.2. The van der Waals surface area contributed by atoms with Gasteiger partial charge in [0.15, 0.2) is 0 Å². The van der Waals surface area contributed by atoms with E-state index in [1.165, 1.54) is 22.4 Å². The second-order valence-corrected chi connectivity index (χ2v) is 7.38. The molecule has 1 saturated heterocycles. The first-order valence-electron chi connectivity index (χ1n) is 8.41. The van der Waals surface area contributed by atoms with E-state index < -0.39 is 0 Å². The predicted molar refractivity (Wildman–Crippen MR) is 103 cm³/mol. The second kappa shape index (κ2) is 6.81. The number of carbonyl (C=O) groups is 1. The maximum absolute atomic E-state index is 12.4. The lowest BCUT2D eigenvalue weighted by atomic mass is 10.2. The lowest BCUT2D eigenvalue weighted by Crippen LogP contribution is -2.27. The van der Waals surface area contributed by atoms with E-state index in [0.29, 0.717) is 12.3 Å². The highest BCUT2D eigenvalue weighted by Crippen LogP contribution is 2.40. The number of carbonyl (C=O) groups excluding carboxylic acids is 1. The first-order valence-corrected chi connectivity index (χ1v) is 9.46. The minimum atomic E-state index is 0.0815. The fraction of sp³-hybridized carbons (Fsp3) is 0.190. The Hall–Kier alpha value is -2.46. The van der Waals surface area contributed by atoms with Crippen molar-refractivity contribution < 1.29 is 4.79 Å². The molecule has 3 aromatic rings. The van der Waals surface area contributed by atoms with E-state index >= 15 is 0 Å². The molecule has 25 heavy (non-hydrogen) atoms. The summed E-state index contributed by atoms with van der Waals surface area (Å²) < 4.78 is 2.15. The van der Waals surface area contributed by atoms with Crippen LogP contribution in [0.2, 0.25) is 0 Å². The molecule has 0 saturated carbocycles. The summed E-state index contributed by atoms with van der Waals surface area (Å²) in [7, 11) is 0. The monoisotopic (exact) mass is 348 g/mol. The standard InChI is InChI=1S/C21H20N2OS/c1-16-7-5-6-10-19(16)22-12-11-18(14-22)21-23(20(24)15-25-21)13-17-8-3-2-4-9-17/h2-12,14,21H,13,15H2,1H3/t21-/m0/s1. The van der Waals surface area contributed by atoms with Crippen molar-refractivity contribution in [2.45, 2.75) is 18.8 Å². The molecule has 1 aliphatic heterocycles. The van der Waals surface area contributed by atoms with Gasteiger partial charge in [0.1, 0.15) is 5.37 Å². The molecule has 2 aromatic carbocycles. The van der Waals surface area contributed by atoms with E-state index in [9.17, 15) is 4.79 Å². The molecule has 126 valence electrons. The summed E-state index contributed by atoms with van der Waals surface area (Å²) in [5.41, 5.74) is 4.76. The Morgan fingerprint density at radius 3 is 2.60 bits per heavy atom. The maximum atomic E-state index is 12.4. The van der Waals surface area contributed by atoms with Crippen molar-refractivity contribution in [2.24, 2.45) is 0 Å². The largest absolute Gasteiger partial charge is 0.323 e. The SMILES string of the molecule is Cc1ccccc1-n1ccc([C@@H]2SCC(=O)N2Cc2ccccc2)c1. The van der Waals surface area contributed by atoms with E-state index in [2.05, 4.69) is 66.3 Å². The van der Waals surface area contributed by atoms with E-state index in [4.69, 9.17) is 0 Å². The quantitative estimate of drug-likeness (QED) is 0.690. The van der Waals surface area contributed by atoms with Crippen molar-refractivity contribution in [1.82, 2.24) is 9.47 Å². The molecular weight excluding hydrogens is 328 g/mol. The molecular formula is C21H20N2OS. The van der Waals surface area contributed by atoms with Gasteiger partial charge in [-0.3, -0.25) is 4.79 Å². The Kier molecular flexibility index (Phi) is 4.36. The normalized spacial score (nSPS) is 17.2. The first kappa shape index (κ1) is 16.0. The molecule has 1 aliphatic rings. The van der Waals surface area contributed by atoms with Crippen LogP contribution < -0.4 is 0 Å². The summed E-state index contributed by atoms with van der Waals surface area (Å²) in [5, 5.41) is 0.0815. The van der Waals surface area contributed by atoms with Gasteiger partial charge >= 0.3 is 0 Å². The number of para-hydroxylation sites is 1. The van der Waals surface area contributed by atoms with E-state index in [0.717, 1.165) is 0 Å². The van der Waals surface area contributed by atoms with Crippen LogP contribution in [0.1, 0.15) is 22.1 Å². The number of nitrogens with zero attached hydrogens (tertiary/aromatic N) is 2. The van der Waals surface area contributed by atoms with Crippen LogP contribution in [-0.4, -0.2) is 21.1 Å². The minimum absolute atomic E-state index is 0.0815. The Labute approximate surface area is 152 Å². The van der Waals surface area contributed by atoms with Crippen LogP contribution in [0.15, 0.2) is 73.1 Å². The molecule has 1 aromatic heterocycles. The lowest BCUT2D eigenvalue weighted by molar-refractivity contribution is -0.128. The van der Waals surface area contributed by atoms with Crippen LogP contribution in [-0.2, 0) is 11.3 Å². The molecule has 0 bridgehead atoms. The summed E-state index contributed by atoms with van der Waals surface area (Å²) in [6, 6.07) is 20.7. The number of amides is 1. The van der Waals surface area contributed by atoms with Crippen LogP contribution >= 0.6 is 11.8 Å². The van der Waals surface area contributed by atoms with Crippen LogP contribution in [0.25, 0.3) is 5.69 Å². The summed E-state index contributed by atoms with van der Waals surface area (Å²) >= 11 is 1.71. The third-order valence-corrected chi connectivity index (χ3v) is 5.81. The van der Waals surface area contributed by atoms with Crippen molar-refractivity contribution in [3.8, 4) is 5.69 Å². The molecule has 0 spiro atoms. The van der Waals surface area contributed by atoms with Crippen molar-refractivity contribution >= 4 is 17.7 Å². The number of hydrogen-bond donors (Lipinski definition) is 0. The molecule has 0 aliphatic carbocycles. The highest BCUT2D eigenvalue weighted by atomic mass is 32.2. The molecule has 1 atom stereocenters. The topological polar surface area (TPSA) is 25.2 Å². The van der Waals surface area contributed by atoms with Gasteiger partial charge in [0.2, 0.25) is 5.91 Å². The fourth-order valence-corrected chi connectivity index (χ4v) is 4.41. The number of hydrogen-bond acceptors (Lipinski definition) is 2. The van der Waals surface area contributed by atoms with Crippen molar-refractivity contribution in [3.05, 3.63) is 89.7 Å². The van der Waals surface area contributed by atoms with Gasteiger partial charge in [-0.15, -0.1) is 11.8 Å². The molecule has 3 nitrogen and oxygen atoms in total. The number of thioether (sulfide) groups is 1. The predicted octanol–water partition coefficient (Wildman–Crippen LogP) is 4.56. The number of aryl methyl sites for hydroxylation is 1. The zero-order valence-corrected chi connectivity index (χ0v) is 14.9. The van der Waals surface area contributed by atoms with Gasteiger partial charge in [0.05, 0.1) is 5.75 Å². The smallest absolute Gasteiger partial charge is 0.234 e. The van der Waals surface area contributed by atoms with Gasteiger partial charge in [-0.2, -0.15) is 0 Å². The molecule has 2 heterocycles. The van der Waals surface area contributed by atoms with Gasteiger partial charge in [0.25, 0.3) is 0 Å². The van der Waals surface area contributed by atoms with Crippen LogP contribution in [0.5, 0.6) is 0 Å². The highest BCUT2D eigenvalue weighted by molar-refractivity contribution is 8.00. The van der Waals surface area contributed by atoms with Crippen molar-refractivity contribution in [3.63, 3.8) is 0 Å². The number of aromatic nitrogens is 1. The van der Waals surface area contributed by atoms with Crippen LogP contribution in [0.4, 0.5) is 0 Å².